The summed E-state index contributed by atoms with van der Waals surface area (Å²) in [7, 11) is 0. The van der Waals surface area contributed by atoms with Gasteiger partial charge in [0.15, 0.2) is 0 Å². The fourth-order valence-electron chi connectivity index (χ4n) is 2.30. The predicted octanol–water partition coefficient (Wildman–Crippen LogP) is 3.10. The van der Waals surface area contributed by atoms with Crippen molar-refractivity contribution in [2.45, 2.75) is 38.3 Å². The van der Waals surface area contributed by atoms with Crippen molar-refractivity contribution in [3.05, 3.63) is 35.9 Å². The first kappa shape index (κ1) is 12.0. The summed E-state index contributed by atoms with van der Waals surface area (Å²) in [5.74, 6) is 2.64. The Morgan fingerprint density at radius 3 is 2.88 bits per heavy atom. The fourth-order valence-corrected chi connectivity index (χ4v) is 3.39. The normalized spacial score (nSPS) is 22.9. The molecule has 2 unspecified atom stereocenters. The first-order valence-corrected chi connectivity index (χ1v) is 7.38. The standard InChI is InChI=1S/C14H21NS/c1-12(10-13-6-3-2-4-7-13)15-14-8-5-9-16-11-14/h2-4,6-7,12,14-15H,5,8-11H2,1H3. The van der Waals surface area contributed by atoms with Gasteiger partial charge in [-0.05, 0) is 37.5 Å². The Labute approximate surface area is 103 Å². The van der Waals surface area contributed by atoms with Crippen LogP contribution in [0, 0.1) is 0 Å². The zero-order valence-corrected chi connectivity index (χ0v) is 10.8. The third-order valence-corrected chi connectivity index (χ3v) is 4.28. The second-order valence-electron chi connectivity index (χ2n) is 4.67. The molecule has 16 heavy (non-hydrogen) atoms. The molecule has 0 radical (unpaired) electrons. The van der Waals surface area contributed by atoms with Gasteiger partial charge in [0.05, 0.1) is 0 Å². The molecule has 1 aliphatic heterocycles. The lowest BCUT2D eigenvalue weighted by Crippen LogP contribution is -2.40. The van der Waals surface area contributed by atoms with Crippen LogP contribution < -0.4 is 5.32 Å². The molecule has 1 N–H and O–H groups in total. The average molecular weight is 235 g/mol. The zero-order chi connectivity index (χ0) is 11.2. The molecule has 0 amide bonds. The average Bonchev–Trinajstić information content (AvgIpc) is 2.31. The van der Waals surface area contributed by atoms with E-state index in [0.29, 0.717) is 6.04 Å². The van der Waals surface area contributed by atoms with E-state index in [-0.39, 0.29) is 0 Å². The van der Waals surface area contributed by atoms with Crippen LogP contribution in [0.4, 0.5) is 0 Å². The van der Waals surface area contributed by atoms with E-state index in [1.807, 2.05) is 0 Å². The van der Waals surface area contributed by atoms with Gasteiger partial charge in [-0.15, -0.1) is 0 Å². The number of nitrogens with one attached hydrogen (secondary N) is 1. The summed E-state index contributed by atoms with van der Waals surface area (Å²) in [6.07, 6.45) is 3.87. The molecular weight excluding hydrogens is 214 g/mol. The third kappa shape index (κ3) is 3.84. The molecule has 1 aliphatic rings. The summed E-state index contributed by atoms with van der Waals surface area (Å²) in [6.45, 7) is 2.30. The molecule has 0 aromatic heterocycles. The molecule has 2 heteroatoms. The van der Waals surface area contributed by atoms with Gasteiger partial charge in [-0.25, -0.2) is 0 Å². The van der Waals surface area contributed by atoms with E-state index in [1.54, 1.807) is 0 Å². The molecule has 1 heterocycles. The highest BCUT2D eigenvalue weighted by Gasteiger charge is 2.15. The second-order valence-corrected chi connectivity index (χ2v) is 5.82. The fraction of sp³-hybridized carbons (Fsp3) is 0.571. The lowest BCUT2D eigenvalue weighted by atomic mass is 10.1. The Morgan fingerprint density at radius 2 is 2.19 bits per heavy atom. The Balaban J connectivity index is 1.77. The van der Waals surface area contributed by atoms with Gasteiger partial charge >= 0.3 is 0 Å². The number of benzene rings is 1. The van der Waals surface area contributed by atoms with Crippen LogP contribution in [0.25, 0.3) is 0 Å². The van der Waals surface area contributed by atoms with Gasteiger partial charge in [-0.3, -0.25) is 0 Å². The Hall–Kier alpha value is -0.470. The summed E-state index contributed by atoms with van der Waals surface area (Å²) in [4.78, 5) is 0. The predicted molar refractivity (Wildman–Crippen MR) is 73.1 cm³/mol. The number of hydrogen-bond donors (Lipinski definition) is 1. The van der Waals surface area contributed by atoms with Crippen molar-refractivity contribution in [2.75, 3.05) is 11.5 Å². The molecule has 1 saturated heterocycles. The largest absolute Gasteiger partial charge is 0.310 e. The molecule has 0 saturated carbocycles. The first-order valence-electron chi connectivity index (χ1n) is 6.22. The van der Waals surface area contributed by atoms with Crippen LogP contribution in [-0.4, -0.2) is 23.6 Å². The monoisotopic (exact) mass is 235 g/mol. The molecule has 1 aromatic carbocycles. The van der Waals surface area contributed by atoms with E-state index in [9.17, 15) is 0 Å². The maximum absolute atomic E-state index is 3.75. The molecule has 0 bridgehead atoms. The molecule has 1 nitrogen and oxygen atoms in total. The van der Waals surface area contributed by atoms with Gasteiger partial charge < -0.3 is 5.32 Å². The highest BCUT2D eigenvalue weighted by molar-refractivity contribution is 7.99. The maximum Gasteiger partial charge on any atom is 0.0161 e. The van der Waals surface area contributed by atoms with Gasteiger partial charge in [-0.2, -0.15) is 11.8 Å². The molecule has 2 rings (SSSR count). The molecule has 2 atom stereocenters. The highest BCUT2D eigenvalue weighted by Crippen LogP contribution is 2.17. The van der Waals surface area contributed by atoms with Crippen LogP contribution in [0.15, 0.2) is 30.3 Å². The molecular formula is C14H21NS. The number of hydrogen-bond acceptors (Lipinski definition) is 2. The van der Waals surface area contributed by atoms with E-state index < -0.39 is 0 Å². The second kappa shape index (κ2) is 6.31. The summed E-state index contributed by atoms with van der Waals surface area (Å²) < 4.78 is 0. The van der Waals surface area contributed by atoms with Crippen molar-refractivity contribution in [2.24, 2.45) is 0 Å². The van der Waals surface area contributed by atoms with Crippen LogP contribution >= 0.6 is 11.8 Å². The van der Waals surface area contributed by atoms with Gasteiger partial charge in [0.2, 0.25) is 0 Å². The van der Waals surface area contributed by atoms with Gasteiger partial charge in [0.1, 0.15) is 0 Å². The van der Waals surface area contributed by atoms with Crippen LogP contribution in [0.5, 0.6) is 0 Å². The third-order valence-electron chi connectivity index (χ3n) is 3.07. The molecule has 0 spiro atoms. The zero-order valence-electron chi connectivity index (χ0n) is 9.99. The SMILES string of the molecule is CC(Cc1ccccc1)NC1CCCSC1. The lowest BCUT2D eigenvalue weighted by molar-refractivity contribution is 0.441. The van der Waals surface area contributed by atoms with E-state index in [1.165, 1.54) is 29.9 Å². The molecule has 1 aromatic rings. The Morgan fingerprint density at radius 1 is 1.38 bits per heavy atom. The first-order chi connectivity index (χ1) is 7.84. The van der Waals surface area contributed by atoms with Gasteiger partial charge in [0, 0.05) is 17.8 Å². The summed E-state index contributed by atoms with van der Waals surface area (Å²) in [5, 5.41) is 3.75. The van der Waals surface area contributed by atoms with Crippen molar-refractivity contribution in [3.63, 3.8) is 0 Å². The minimum absolute atomic E-state index is 0.589. The van der Waals surface area contributed by atoms with E-state index >= 15 is 0 Å². The highest BCUT2D eigenvalue weighted by atomic mass is 32.2. The smallest absolute Gasteiger partial charge is 0.0161 e. The minimum atomic E-state index is 0.589. The maximum atomic E-state index is 3.75. The summed E-state index contributed by atoms with van der Waals surface area (Å²) >= 11 is 2.09. The van der Waals surface area contributed by atoms with Crippen LogP contribution in [0.2, 0.25) is 0 Å². The van der Waals surface area contributed by atoms with Crippen LogP contribution in [-0.2, 0) is 6.42 Å². The summed E-state index contributed by atoms with van der Waals surface area (Å²) in [5.41, 5.74) is 1.44. The molecule has 0 aliphatic carbocycles. The van der Waals surface area contributed by atoms with Crippen LogP contribution in [0.3, 0.4) is 0 Å². The van der Waals surface area contributed by atoms with Crippen molar-refractivity contribution < 1.29 is 0 Å². The molecule has 88 valence electrons. The Kier molecular flexibility index (Phi) is 4.73. The number of rotatable bonds is 4. The van der Waals surface area contributed by atoms with Gasteiger partial charge in [0.25, 0.3) is 0 Å². The van der Waals surface area contributed by atoms with Crippen molar-refractivity contribution >= 4 is 11.8 Å². The number of thioether (sulfide) groups is 1. The van der Waals surface area contributed by atoms with Crippen molar-refractivity contribution in [1.29, 1.82) is 0 Å². The topological polar surface area (TPSA) is 12.0 Å². The van der Waals surface area contributed by atoms with Gasteiger partial charge in [-0.1, -0.05) is 30.3 Å². The van der Waals surface area contributed by atoms with Crippen LogP contribution in [0.1, 0.15) is 25.3 Å². The van der Waals surface area contributed by atoms with Crippen molar-refractivity contribution in [1.82, 2.24) is 5.32 Å². The van der Waals surface area contributed by atoms with E-state index in [0.717, 1.165) is 12.5 Å². The summed E-state index contributed by atoms with van der Waals surface area (Å²) in [6, 6.07) is 12.1. The molecule has 1 fully saturated rings. The van der Waals surface area contributed by atoms with E-state index in [2.05, 4.69) is 54.3 Å². The van der Waals surface area contributed by atoms with E-state index in [4.69, 9.17) is 0 Å². The quantitative estimate of drug-likeness (QED) is 0.860. The van der Waals surface area contributed by atoms with Crippen molar-refractivity contribution in [3.8, 4) is 0 Å². The lowest BCUT2D eigenvalue weighted by Gasteiger charge is -2.26. The minimum Gasteiger partial charge on any atom is -0.310 e. The Bertz CT molecular complexity index is 293.